The maximum absolute atomic E-state index is 5.70. The van der Waals surface area contributed by atoms with Crippen molar-refractivity contribution in [3.05, 3.63) is 66.6 Å². The van der Waals surface area contributed by atoms with E-state index >= 15 is 0 Å². The highest BCUT2D eigenvalue weighted by molar-refractivity contribution is 5.57. The molecule has 100 valence electrons. The molecule has 0 aliphatic rings. The van der Waals surface area contributed by atoms with Crippen molar-refractivity contribution in [2.45, 2.75) is 6.61 Å². The summed E-state index contributed by atoms with van der Waals surface area (Å²) in [5.41, 5.74) is 3.04. The lowest BCUT2D eigenvalue weighted by molar-refractivity contribution is 0.305. The highest BCUT2D eigenvalue weighted by Gasteiger charge is 2.02. The van der Waals surface area contributed by atoms with Crippen molar-refractivity contribution in [2.75, 3.05) is 0 Å². The molecule has 0 atom stereocenters. The van der Waals surface area contributed by atoms with Crippen molar-refractivity contribution in [3.8, 4) is 17.0 Å². The second kappa shape index (κ2) is 5.57. The number of ether oxygens (including phenoxy) is 1. The molecule has 0 N–H and O–H groups in total. The summed E-state index contributed by atoms with van der Waals surface area (Å²) in [5.74, 6) is 0.765. The van der Waals surface area contributed by atoms with Crippen molar-refractivity contribution in [1.29, 1.82) is 0 Å². The van der Waals surface area contributed by atoms with Gasteiger partial charge in [-0.3, -0.25) is 9.67 Å². The van der Waals surface area contributed by atoms with Gasteiger partial charge in [-0.1, -0.05) is 30.3 Å². The minimum atomic E-state index is 0.550. The third-order valence-electron chi connectivity index (χ3n) is 2.99. The monoisotopic (exact) mass is 265 g/mol. The molecule has 0 aliphatic carbocycles. The van der Waals surface area contributed by atoms with Crippen LogP contribution in [0, 0.1) is 0 Å². The van der Waals surface area contributed by atoms with Crippen LogP contribution in [0.5, 0.6) is 5.75 Å². The molecule has 0 radical (unpaired) electrons. The van der Waals surface area contributed by atoms with Gasteiger partial charge in [0, 0.05) is 18.8 Å². The number of hydrogen-bond acceptors (Lipinski definition) is 3. The molecule has 2 aromatic heterocycles. The minimum Gasteiger partial charge on any atom is -0.487 e. The van der Waals surface area contributed by atoms with Crippen LogP contribution in [0.2, 0.25) is 0 Å². The Balaban J connectivity index is 1.67. The van der Waals surface area contributed by atoms with Gasteiger partial charge in [0.25, 0.3) is 0 Å². The summed E-state index contributed by atoms with van der Waals surface area (Å²) in [4.78, 5) is 4.40. The van der Waals surface area contributed by atoms with Gasteiger partial charge >= 0.3 is 0 Å². The van der Waals surface area contributed by atoms with E-state index in [0.717, 1.165) is 22.6 Å². The molecule has 1 aromatic carbocycles. The zero-order chi connectivity index (χ0) is 13.8. The van der Waals surface area contributed by atoms with Crippen LogP contribution in [-0.4, -0.2) is 14.8 Å². The summed E-state index contributed by atoms with van der Waals surface area (Å²) in [7, 11) is 1.89. The minimum absolute atomic E-state index is 0.550. The lowest BCUT2D eigenvalue weighted by Crippen LogP contribution is -1.95. The van der Waals surface area contributed by atoms with E-state index in [1.54, 1.807) is 17.1 Å². The Hall–Kier alpha value is -2.62. The molecule has 0 bridgehead atoms. The van der Waals surface area contributed by atoms with Gasteiger partial charge in [0.1, 0.15) is 12.4 Å². The number of nitrogens with zero attached hydrogens (tertiary/aromatic N) is 3. The molecule has 2 heterocycles. The normalized spacial score (nSPS) is 10.4. The quantitative estimate of drug-likeness (QED) is 0.728. The fraction of sp³-hybridized carbons (Fsp3) is 0.125. The number of rotatable bonds is 4. The lowest BCUT2D eigenvalue weighted by atomic mass is 10.2. The second-order valence-corrected chi connectivity index (χ2v) is 4.56. The lowest BCUT2D eigenvalue weighted by Gasteiger charge is -2.06. The maximum Gasteiger partial charge on any atom is 0.138 e. The zero-order valence-corrected chi connectivity index (χ0v) is 11.2. The smallest absolute Gasteiger partial charge is 0.138 e. The van der Waals surface area contributed by atoms with Crippen molar-refractivity contribution in [1.82, 2.24) is 14.8 Å². The fourth-order valence-corrected chi connectivity index (χ4v) is 1.93. The molecule has 0 spiro atoms. The van der Waals surface area contributed by atoms with Gasteiger partial charge < -0.3 is 4.74 Å². The number of aromatic nitrogens is 3. The van der Waals surface area contributed by atoms with Crippen LogP contribution in [0.25, 0.3) is 11.3 Å². The van der Waals surface area contributed by atoms with Crippen LogP contribution in [0.1, 0.15) is 5.56 Å². The van der Waals surface area contributed by atoms with Gasteiger partial charge in [-0.15, -0.1) is 0 Å². The first kappa shape index (κ1) is 12.4. The zero-order valence-electron chi connectivity index (χ0n) is 11.2. The molecule has 0 saturated heterocycles. The van der Waals surface area contributed by atoms with Crippen LogP contribution in [0.3, 0.4) is 0 Å². The van der Waals surface area contributed by atoms with Gasteiger partial charge in [-0.25, -0.2) is 0 Å². The van der Waals surface area contributed by atoms with Crippen LogP contribution in [0.4, 0.5) is 0 Å². The average Bonchev–Trinajstić information content (AvgIpc) is 2.93. The standard InChI is InChI=1S/C16H15N3O/c1-19-11-14(9-18-19)16-8-7-15(10-17-16)20-12-13-5-3-2-4-6-13/h2-11H,12H2,1H3. The molecule has 0 unspecified atom stereocenters. The van der Waals surface area contributed by atoms with Gasteiger partial charge in [-0.2, -0.15) is 5.10 Å². The molecule has 0 aliphatic heterocycles. The Bertz CT molecular complexity index is 674. The summed E-state index contributed by atoms with van der Waals surface area (Å²) >= 11 is 0. The first-order chi connectivity index (χ1) is 9.81. The van der Waals surface area contributed by atoms with Crippen molar-refractivity contribution in [3.63, 3.8) is 0 Å². The molecule has 0 amide bonds. The summed E-state index contributed by atoms with van der Waals surface area (Å²) in [6, 6.07) is 13.9. The number of pyridine rings is 1. The molecule has 0 fully saturated rings. The molecule has 3 rings (SSSR count). The number of benzene rings is 1. The SMILES string of the molecule is Cn1cc(-c2ccc(OCc3ccccc3)cn2)cn1. The first-order valence-electron chi connectivity index (χ1n) is 6.43. The predicted octanol–water partition coefficient (Wildman–Crippen LogP) is 3.06. The Morgan fingerprint density at radius 2 is 1.90 bits per heavy atom. The van der Waals surface area contributed by atoms with E-state index in [9.17, 15) is 0 Å². The Labute approximate surface area is 117 Å². The number of aryl methyl sites for hydroxylation is 1. The van der Waals surface area contributed by atoms with Crippen LogP contribution < -0.4 is 4.74 Å². The summed E-state index contributed by atoms with van der Waals surface area (Å²) in [5, 5.41) is 4.14. The molecular formula is C16H15N3O. The van der Waals surface area contributed by atoms with E-state index in [2.05, 4.69) is 10.1 Å². The Morgan fingerprint density at radius 1 is 1.05 bits per heavy atom. The van der Waals surface area contributed by atoms with E-state index in [-0.39, 0.29) is 0 Å². The summed E-state index contributed by atoms with van der Waals surface area (Å²) in [6.45, 7) is 0.550. The molecule has 3 aromatic rings. The second-order valence-electron chi connectivity index (χ2n) is 4.56. The van der Waals surface area contributed by atoms with Crippen molar-refractivity contribution >= 4 is 0 Å². The van der Waals surface area contributed by atoms with Gasteiger partial charge in [0.2, 0.25) is 0 Å². The largest absolute Gasteiger partial charge is 0.487 e. The van der Waals surface area contributed by atoms with E-state index in [1.807, 2.05) is 55.7 Å². The molecule has 4 nitrogen and oxygen atoms in total. The molecule has 0 saturated carbocycles. The van der Waals surface area contributed by atoms with E-state index in [1.165, 1.54) is 0 Å². The van der Waals surface area contributed by atoms with Crippen molar-refractivity contribution < 1.29 is 4.74 Å². The molecule has 20 heavy (non-hydrogen) atoms. The summed E-state index contributed by atoms with van der Waals surface area (Å²) in [6.07, 6.45) is 5.48. The van der Waals surface area contributed by atoms with Gasteiger partial charge in [0.05, 0.1) is 18.1 Å². The van der Waals surface area contributed by atoms with Gasteiger partial charge in [0.15, 0.2) is 0 Å². The Morgan fingerprint density at radius 3 is 2.55 bits per heavy atom. The highest BCUT2D eigenvalue weighted by atomic mass is 16.5. The van der Waals surface area contributed by atoms with Crippen LogP contribution >= 0.6 is 0 Å². The van der Waals surface area contributed by atoms with Crippen molar-refractivity contribution in [2.24, 2.45) is 7.05 Å². The summed E-state index contributed by atoms with van der Waals surface area (Å²) < 4.78 is 7.47. The van der Waals surface area contributed by atoms with E-state index < -0.39 is 0 Å². The Kier molecular flexibility index (Phi) is 3.46. The highest BCUT2D eigenvalue weighted by Crippen LogP contribution is 2.19. The van der Waals surface area contributed by atoms with E-state index in [4.69, 9.17) is 4.74 Å². The average molecular weight is 265 g/mol. The predicted molar refractivity (Wildman–Crippen MR) is 77.2 cm³/mol. The fourth-order valence-electron chi connectivity index (χ4n) is 1.93. The van der Waals surface area contributed by atoms with Crippen LogP contribution in [-0.2, 0) is 13.7 Å². The molecule has 4 heteroatoms. The topological polar surface area (TPSA) is 39.9 Å². The van der Waals surface area contributed by atoms with E-state index in [0.29, 0.717) is 6.61 Å². The maximum atomic E-state index is 5.70. The third kappa shape index (κ3) is 2.85. The molecular weight excluding hydrogens is 250 g/mol. The first-order valence-corrected chi connectivity index (χ1v) is 6.43. The number of hydrogen-bond donors (Lipinski definition) is 0. The van der Waals surface area contributed by atoms with Gasteiger partial charge in [-0.05, 0) is 17.7 Å². The third-order valence-corrected chi connectivity index (χ3v) is 2.99. The van der Waals surface area contributed by atoms with Crippen LogP contribution in [0.15, 0.2) is 61.1 Å².